The Labute approximate surface area is 530 Å². The first-order chi connectivity index (χ1) is 41.6. The van der Waals surface area contributed by atoms with Gasteiger partial charge in [-0.25, -0.2) is 9.13 Å². The quantitative estimate of drug-likeness (QED) is 0.0222. The third-order valence-corrected chi connectivity index (χ3v) is 17.8. The van der Waals surface area contributed by atoms with Crippen LogP contribution in [0.5, 0.6) is 0 Å². The maximum Gasteiger partial charge on any atom is 0.472 e. The van der Waals surface area contributed by atoms with E-state index in [1.165, 1.54) is 122 Å². The summed E-state index contributed by atoms with van der Waals surface area (Å²) in [5.74, 6) is 0.771. The number of aliphatic hydroxyl groups is 1. The Hall–Kier alpha value is -1.94. The zero-order chi connectivity index (χ0) is 64.7. The predicted octanol–water partition coefficient (Wildman–Crippen LogP) is 18.9. The van der Waals surface area contributed by atoms with Gasteiger partial charge in [0, 0.05) is 25.7 Å². The van der Waals surface area contributed by atoms with Gasteiger partial charge < -0.3 is 33.8 Å². The highest BCUT2D eigenvalue weighted by atomic mass is 31.2. The summed E-state index contributed by atoms with van der Waals surface area (Å²) < 4.78 is 68.1. The second kappa shape index (κ2) is 57.9. The van der Waals surface area contributed by atoms with Gasteiger partial charge in [-0.2, -0.15) is 0 Å². The molecule has 17 nitrogen and oxygen atoms in total. The molecule has 3 N–H and O–H groups in total. The number of phosphoric acid groups is 2. The predicted molar refractivity (Wildman–Crippen MR) is 349 cm³/mol. The van der Waals surface area contributed by atoms with Crippen molar-refractivity contribution in [2.45, 2.75) is 350 Å². The van der Waals surface area contributed by atoms with Crippen LogP contribution in [0.4, 0.5) is 0 Å². The summed E-state index contributed by atoms with van der Waals surface area (Å²) in [6.07, 6.45) is 39.3. The fourth-order valence-electron chi connectivity index (χ4n) is 10.1. The van der Waals surface area contributed by atoms with E-state index in [2.05, 4.69) is 55.4 Å². The molecule has 0 saturated carbocycles. The SMILES string of the molecule is CCC(C)CCCCCCCCC(=O)OC[C@H](COP(=O)(O)OC[C@H](O)COP(=O)(O)OC[C@@H](COC(=O)CCCCCCCCC(C)C)OC(=O)CCCCCCCCCCCCCCCCCC(C)C)OC(=O)CCCCCCCCCC(C)C. The number of hydrogen-bond acceptors (Lipinski definition) is 15. The van der Waals surface area contributed by atoms with Crippen molar-refractivity contribution in [3.05, 3.63) is 0 Å². The molecule has 0 aliphatic rings. The molecule has 0 aromatic carbocycles. The molecule has 0 aromatic heterocycles. The van der Waals surface area contributed by atoms with Crippen LogP contribution in [0.2, 0.25) is 0 Å². The average molecular weight is 1280 g/mol. The summed E-state index contributed by atoms with van der Waals surface area (Å²) in [5.41, 5.74) is 0. The number of carbonyl (C=O) groups is 4. The summed E-state index contributed by atoms with van der Waals surface area (Å²) in [6, 6.07) is 0. The van der Waals surface area contributed by atoms with Gasteiger partial charge in [-0.15, -0.1) is 0 Å². The number of hydrogen-bond donors (Lipinski definition) is 3. The van der Waals surface area contributed by atoms with E-state index < -0.39 is 97.5 Å². The lowest BCUT2D eigenvalue weighted by Gasteiger charge is -2.21. The van der Waals surface area contributed by atoms with E-state index in [1.54, 1.807) is 0 Å². The molecule has 0 rings (SSSR count). The Kier molecular flexibility index (Phi) is 56.6. The molecule has 19 heteroatoms. The molecule has 0 amide bonds. The van der Waals surface area contributed by atoms with E-state index >= 15 is 0 Å². The molecule has 0 radical (unpaired) electrons. The molecule has 0 saturated heterocycles. The van der Waals surface area contributed by atoms with Crippen LogP contribution in [0.15, 0.2) is 0 Å². The van der Waals surface area contributed by atoms with E-state index in [-0.39, 0.29) is 25.7 Å². The van der Waals surface area contributed by atoms with Crippen molar-refractivity contribution < 1.29 is 80.2 Å². The summed E-state index contributed by atoms with van der Waals surface area (Å²) in [7, 11) is -9.90. The number of unbranched alkanes of at least 4 members (excludes halogenated alkanes) is 30. The van der Waals surface area contributed by atoms with Crippen LogP contribution in [-0.2, 0) is 65.4 Å². The van der Waals surface area contributed by atoms with Gasteiger partial charge in [0.2, 0.25) is 0 Å². The van der Waals surface area contributed by atoms with Gasteiger partial charge in [0.15, 0.2) is 12.2 Å². The Bertz CT molecular complexity index is 1730. The monoisotopic (exact) mass is 1280 g/mol. The van der Waals surface area contributed by atoms with Crippen LogP contribution < -0.4 is 0 Å². The largest absolute Gasteiger partial charge is 0.472 e. The standard InChI is InChI=1S/C68H132O17P2/c1-9-61(8)47-39-31-25-27-33-41-49-66(71)79-55-64(85-68(73)51-43-35-23-19-21-29-37-45-59(4)5)57-83-87(76,77)81-53-62(69)52-80-86(74,75)82-56-63(54-78-65(70)48-40-32-26-24-30-38-46-60(6)7)84-67(72)50-42-34-22-18-16-14-12-10-11-13-15-17-20-28-36-44-58(2)3/h58-64,69H,9-57H2,1-8H3,(H,74,75)(H,76,77)/t61?,62-,63-,64-/m1/s1. The first-order valence-electron chi connectivity index (χ1n) is 35.2. The fraction of sp³-hybridized carbons (Fsp3) is 0.941. The lowest BCUT2D eigenvalue weighted by Crippen LogP contribution is -2.30. The first kappa shape index (κ1) is 85.1. The van der Waals surface area contributed by atoms with E-state index in [1.807, 2.05) is 0 Å². The molecule has 6 atom stereocenters. The van der Waals surface area contributed by atoms with Gasteiger partial charge in [0.05, 0.1) is 26.4 Å². The average Bonchev–Trinajstić information content (AvgIpc) is 3.68. The van der Waals surface area contributed by atoms with Crippen LogP contribution in [0.25, 0.3) is 0 Å². The number of phosphoric ester groups is 2. The van der Waals surface area contributed by atoms with Gasteiger partial charge in [-0.05, 0) is 49.4 Å². The molecular formula is C68H132O17P2. The highest BCUT2D eigenvalue weighted by molar-refractivity contribution is 7.47. The number of rotatable bonds is 65. The van der Waals surface area contributed by atoms with Crippen LogP contribution in [0.1, 0.15) is 331 Å². The minimum atomic E-state index is -4.95. The van der Waals surface area contributed by atoms with E-state index in [0.717, 1.165) is 115 Å². The van der Waals surface area contributed by atoms with Gasteiger partial charge in [0.1, 0.15) is 19.3 Å². The molecule has 0 aliphatic carbocycles. The summed E-state index contributed by atoms with van der Waals surface area (Å²) in [5, 5.41) is 10.6. The minimum Gasteiger partial charge on any atom is -0.462 e. The summed E-state index contributed by atoms with van der Waals surface area (Å²) in [6.45, 7) is 14.0. The van der Waals surface area contributed by atoms with Crippen molar-refractivity contribution in [1.82, 2.24) is 0 Å². The molecular weight excluding hydrogens is 1150 g/mol. The van der Waals surface area contributed by atoms with Gasteiger partial charge in [-0.3, -0.25) is 37.3 Å². The Morgan fingerprint density at radius 3 is 0.816 bits per heavy atom. The second-order valence-corrected chi connectivity index (χ2v) is 29.1. The number of aliphatic hydroxyl groups excluding tert-OH is 1. The van der Waals surface area contributed by atoms with Crippen molar-refractivity contribution >= 4 is 39.5 Å². The van der Waals surface area contributed by atoms with Crippen LogP contribution in [0, 0.1) is 23.7 Å². The molecule has 87 heavy (non-hydrogen) atoms. The zero-order valence-electron chi connectivity index (χ0n) is 56.6. The van der Waals surface area contributed by atoms with Crippen molar-refractivity contribution in [1.29, 1.82) is 0 Å². The number of carbonyl (C=O) groups excluding carboxylic acids is 4. The number of esters is 4. The van der Waals surface area contributed by atoms with Gasteiger partial charge >= 0.3 is 39.5 Å². The molecule has 0 aromatic rings. The third kappa shape index (κ3) is 61.3. The van der Waals surface area contributed by atoms with Crippen LogP contribution in [0.3, 0.4) is 0 Å². The van der Waals surface area contributed by atoms with Crippen molar-refractivity contribution in [3.8, 4) is 0 Å². The summed E-state index contributed by atoms with van der Waals surface area (Å²) in [4.78, 5) is 72.3. The fourth-order valence-corrected chi connectivity index (χ4v) is 11.7. The molecule has 516 valence electrons. The third-order valence-electron chi connectivity index (χ3n) is 15.9. The molecule has 0 heterocycles. The smallest absolute Gasteiger partial charge is 0.462 e. The molecule has 0 spiro atoms. The van der Waals surface area contributed by atoms with E-state index in [9.17, 15) is 43.2 Å². The highest BCUT2D eigenvalue weighted by Gasteiger charge is 2.30. The Morgan fingerprint density at radius 2 is 0.552 bits per heavy atom. The number of ether oxygens (including phenoxy) is 4. The van der Waals surface area contributed by atoms with Crippen LogP contribution in [-0.4, -0.2) is 96.7 Å². The molecule has 0 fully saturated rings. The lowest BCUT2D eigenvalue weighted by molar-refractivity contribution is -0.161. The van der Waals surface area contributed by atoms with Crippen molar-refractivity contribution in [2.24, 2.45) is 23.7 Å². The zero-order valence-corrected chi connectivity index (χ0v) is 58.4. The van der Waals surface area contributed by atoms with Gasteiger partial charge in [-0.1, -0.05) is 280 Å². The highest BCUT2D eigenvalue weighted by Crippen LogP contribution is 2.45. The van der Waals surface area contributed by atoms with Gasteiger partial charge in [0.25, 0.3) is 0 Å². The maximum atomic E-state index is 13.0. The Morgan fingerprint density at radius 1 is 0.322 bits per heavy atom. The van der Waals surface area contributed by atoms with Crippen molar-refractivity contribution in [2.75, 3.05) is 39.6 Å². The summed E-state index contributed by atoms with van der Waals surface area (Å²) >= 11 is 0. The molecule has 3 unspecified atom stereocenters. The van der Waals surface area contributed by atoms with E-state index in [4.69, 9.17) is 37.0 Å². The minimum absolute atomic E-state index is 0.102. The normalized spacial score (nSPS) is 14.6. The van der Waals surface area contributed by atoms with Crippen molar-refractivity contribution in [3.63, 3.8) is 0 Å². The molecule has 0 aliphatic heterocycles. The topological polar surface area (TPSA) is 237 Å². The van der Waals surface area contributed by atoms with Crippen LogP contribution >= 0.6 is 15.6 Å². The lowest BCUT2D eigenvalue weighted by atomic mass is 10.00. The molecule has 0 bridgehead atoms. The maximum absolute atomic E-state index is 13.0. The Balaban J connectivity index is 5.20. The first-order valence-corrected chi connectivity index (χ1v) is 38.2. The van der Waals surface area contributed by atoms with E-state index in [0.29, 0.717) is 37.5 Å². The second-order valence-electron chi connectivity index (χ2n) is 26.2.